The number of hydrogen-bond acceptors (Lipinski definition) is 4. The van der Waals surface area contributed by atoms with Gasteiger partial charge >= 0.3 is 0 Å². The van der Waals surface area contributed by atoms with Gasteiger partial charge in [0.05, 0.1) is 11.6 Å². The van der Waals surface area contributed by atoms with Gasteiger partial charge in [0.1, 0.15) is 12.4 Å². The average molecular weight is 319 g/mol. The standard InChI is InChI=1S/C19H17N3O2/c1-22-10-8-15-4-5-16(12-18(15)19(22)23)21-9-11-24-17-6-2-14(13-20)3-7-17/h2-8,10,12,21H,9,11H2,1H3. The molecule has 0 saturated carbocycles. The van der Waals surface area contributed by atoms with Crippen molar-refractivity contribution >= 4 is 16.5 Å². The number of pyridine rings is 1. The van der Waals surface area contributed by atoms with E-state index < -0.39 is 0 Å². The van der Waals surface area contributed by atoms with Crippen molar-refractivity contribution in [2.24, 2.45) is 7.05 Å². The quantitative estimate of drug-likeness (QED) is 0.734. The molecule has 0 unspecified atom stereocenters. The topological polar surface area (TPSA) is 67.1 Å². The van der Waals surface area contributed by atoms with Crippen LogP contribution >= 0.6 is 0 Å². The summed E-state index contributed by atoms with van der Waals surface area (Å²) in [6, 6.07) is 16.7. The van der Waals surface area contributed by atoms with Crippen LogP contribution in [0.1, 0.15) is 5.56 Å². The smallest absolute Gasteiger partial charge is 0.258 e. The minimum absolute atomic E-state index is 0.00928. The minimum atomic E-state index is -0.00928. The number of nitriles is 1. The highest BCUT2D eigenvalue weighted by Gasteiger charge is 2.02. The molecule has 2 aromatic carbocycles. The van der Waals surface area contributed by atoms with Gasteiger partial charge < -0.3 is 14.6 Å². The summed E-state index contributed by atoms with van der Waals surface area (Å²) in [5, 5.41) is 13.6. The largest absolute Gasteiger partial charge is 0.492 e. The van der Waals surface area contributed by atoms with Crippen molar-refractivity contribution in [2.75, 3.05) is 18.5 Å². The van der Waals surface area contributed by atoms with Gasteiger partial charge in [0.25, 0.3) is 5.56 Å². The maximum absolute atomic E-state index is 12.1. The van der Waals surface area contributed by atoms with Crippen LogP contribution in [0.5, 0.6) is 5.75 Å². The molecule has 5 heteroatoms. The van der Waals surface area contributed by atoms with Crippen molar-refractivity contribution in [3.8, 4) is 11.8 Å². The molecular weight excluding hydrogens is 302 g/mol. The van der Waals surface area contributed by atoms with Gasteiger partial charge in [0, 0.05) is 30.9 Å². The SMILES string of the molecule is Cn1ccc2ccc(NCCOc3ccc(C#N)cc3)cc2c1=O. The van der Waals surface area contributed by atoms with E-state index in [0.29, 0.717) is 24.1 Å². The maximum Gasteiger partial charge on any atom is 0.258 e. The van der Waals surface area contributed by atoms with Gasteiger partial charge in [-0.2, -0.15) is 5.26 Å². The van der Waals surface area contributed by atoms with Gasteiger partial charge in [-0.25, -0.2) is 0 Å². The first-order valence-electron chi connectivity index (χ1n) is 7.63. The molecule has 0 aliphatic heterocycles. The van der Waals surface area contributed by atoms with Crippen molar-refractivity contribution in [1.29, 1.82) is 5.26 Å². The lowest BCUT2D eigenvalue weighted by Gasteiger charge is -2.10. The molecular formula is C19H17N3O2. The first-order chi connectivity index (χ1) is 11.7. The van der Waals surface area contributed by atoms with Crippen LogP contribution in [0.4, 0.5) is 5.69 Å². The van der Waals surface area contributed by atoms with Crippen molar-refractivity contribution in [3.63, 3.8) is 0 Å². The summed E-state index contributed by atoms with van der Waals surface area (Å²) in [4.78, 5) is 12.1. The second-order valence-corrected chi connectivity index (χ2v) is 5.45. The lowest BCUT2D eigenvalue weighted by Crippen LogP contribution is -2.16. The molecule has 1 heterocycles. The molecule has 24 heavy (non-hydrogen) atoms. The van der Waals surface area contributed by atoms with Crippen molar-refractivity contribution in [2.45, 2.75) is 0 Å². The fraction of sp³-hybridized carbons (Fsp3) is 0.158. The Morgan fingerprint density at radius 2 is 1.96 bits per heavy atom. The number of benzene rings is 2. The number of fused-ring (bicyclic) bond motifs is 1. The summed E-state index contributed by atoms with van der Waals surface area (Å²) in [5.74, 6) is 0.725. The number of anilines is 1. The number of aryl methyl sites for hydroxylation is 1. The van der Waals surface area contributed by atoms with E-state index in [9.17, 15) is 4.79 Å². The Morgan fingerprint density at radius 3 is 2.71 bits per heavy atom. The van der Waals surface area contributed by atoms with E-state index in [1.807, 2.05) is 24.3 Å². The molecule has 0 amide bonds. The van der Waals surface area contributed by atoms with Gasteiger partial charge in [-0.15, -0.1) is 0 Å². The third kappa shape index (κ3) is 3.39. The van der Waals surface area contributed by atoms with Crippen LogP contribution in [0.3, 0.4) is 0 Å². The van der Waals surface area contributed by atoms with Crippen LogP contribution in [0.25, 0.3) is 10.8 Å². The third-order valence-corrected chi connectivity index (χ3v) is 3.77. The highest BCUT2D eigenvalue weighted by atomic mass is 16.5. The van der Waals surface area contributed by atoms with E-state index in [1.165, 1.54) is 0 Å². The molecule has 0 spiro atoms. The van der Waals surface area contributed by atoms with E-state index in [4.69, 9.17) is 10.00 Å². The highest BCUT2D eigenvalue weighted by molar-refractivity contribution is 5.84. The van der Waals surface area contributed by atoms with Gasteiger partial charge in [-0.1, -0.05) is 6.07 Å². The monoisotopic (exact) mass is 319 g/mol. The first kappa shape index (κ1) is 15.6. The number of nitrogens with zero attached hydrogens (tertiary/aromatic N) is 2. The zero-order valence-corrected chi connectivity index (χ0v) is 13.3. The molecule has 0 aliphatic carbocycles. The van der Waals surface area contributed by atoms with Crippen molar-refractivity contribution < 1.29 is 4.74 Å². The second kappa shape index (κ2) is 6.88. The van der Waals surface area contributed by atoms with Crippen LogP contribution in [0, 0.1) is 11.3 Å². The Hall–Kier alpha value is -3.26. The third-order valence-electron chi connectivity index (χ3n) is 3.77. The van der Waals surface area contributed by atoms with Gasteiger partial charge in [-0.05, 0) is 47.9 Å². The number of rotatable bonds is 5. The predicted molar refractivity (Wildman–Crippen MR) is 94.3 cm³/mol. The zero-order valence-electron chi connectivity index (χ0n) is 13.3. The number of aromatic nitrogens is 1. The van der Waals surface area contributed by atoms with E-state index in [-0.39, 0.29) is 5.56 Å². The zero-order chi connectivity index (χ0) is 16.9. The summed E-state index contributed by atoms with van der Waals surface area (Å²) in [6.45, 7) is 1.09. The van der Waals surface area contributed by atoms with E-state index in [2.05, 4.69) is 11.4 Å². The Labute approximate surface area is 139 Å². The van der Waals surface area contributed by atoms with Crippen LogP contribution in [-0.2, 0) is 7.05 Å². The minimum Gasteiger partial charge on any atom is -0.492 e. The number of nitrogens with one attached hydrogen (secondary N) is 1. The maximum atomic E-state index is 12.1. The molecule has 0 atom stereocenters. The Bertz CT molecular complexity index is 953. The normalized spacial score (nSPS) is 10.3. The van der Waals surface area contributed by atoms with E-state index >= 15 is 0 Å². The molecule has 0 saturated heterocycles. The predicted octanol–water partition coefficient (Wildman–Crippen LogP) is 2.90. The molecule has 1 aromatic heterocycles. The molecule has 0 aliphatic rings. The summed E-state index contributed by atoms with van der Waals surface area (Å²) in [6.07, 6.45) is 1.77. The molecule has 0 fully saturated rings. The van der Waals surface area contributed by atoms with Crippen molar-refractivity contribution in [3.05, 3.63) is 70.6 Å². The molecule has 120 valence electrons. The first-order valence-corrected chi connectivity index (χ1v) is 7.63. The molecule has 1 N–H and O–H groups in total. The Morgan fingerprint density at radius 1 is 1.17 bits per heavy atom. The number of ether oxygens (including phenoxy) is 1. The number of hydrogen-bond donors (Lipinski definition) is 1. The molecule has 0 bridgehead atoms. The highest BCUT2D eigenvalue weighted by Crippen LogP contribution is 2.16. The fourth-order valence-corrected chi connectivity index (χ4v) is 2.44. The lowest BCUT2D eigenvalue weighted by atomic mass is 10.1. The van der Waals surface area contributed by atoms with E-state index in [0.717, 1.165) is 16.8 Å². The van der Waals surface area contributed by atoms with Gasteiger partial charge in [-0.3, -0.25) is 4.79 Å². The lowest BCUT2D eigenvalue weighted by molar-refractivity contribution is 0.333. The van der Waals surface area contributed by atoms with Crippen LogP contribution in [0.15, 0.2) is 59.5 Å². The molecule has 3 aromatic rings. The Balaban J connectivity index is 1.60. The Kier molecular flexibility index (Phi) is 4.48. The average Bonchev–Trinajstić information content (AvgIpc) is 2.62. The summed E-state index contributed by atoms with van der Waals surface area (Å²) < 4.78 is 7.19. The van der Waals surface area contributed by atoms with Crippen LogP contribution in [-0.4, -0.2) is 17.7 Å². The van der Waals surface area contributed by atoms with Gasteiger partial charge in [0.2, 0.25) is 0 Å². The fourth-order valence-electron chi connectivity index (χ4n) is 2.44. The molecule has 0 radical (unpaired) electrons. The summed E-state index contributed by atoms with van der Waals surface area (Å²) >= 11 is 0. The molecule has 5 nitrogen and oxygen atoms in total. The summed E-state index contributed by atoms with van der Waals surface area (Å²) in [5.41, 5.74) is 1.48. The summed E-state index contributed by atoms with van der Waals surface area (Å²) in [7, 11) is 1.74. The van der Waals surface area contributed by atoms with Crippen molar-refractivity contribution in [1.82, 2.24) is 4.57 Å². The second-order valence-electron chi connectivity index (χ2n) is 5.45. The van der Waals surface area contributed by atoms with Gasteiger partial charge in [0.15, 0.2) is 0 Å². The van der Waals surface area contributed by atoms with Crippen LogP contribution in [0.2, 0.25) is 0 Å². The van der Waals surface area contributed by atoms with Crippen LogP contribution < -0.4 is 15.6 Å². The van der Waals surface area contributed by atoms with E-state index in [1.54, 1.807) is 42.1 Å². The molecule has 3 rings (SSSR count).